The van der Waals surface area contributed by atoms with Gasteiger partial charge in [0.1, 0.15) is 11.1 Å². The molecule has 1 saturated heterocycles. The average molecular weight is 754 g/mol. The topological polar surface area (TPSA) is 90.6 Å². The van der Waals surface area contributed by atoms with E-state index < -0.39 is 12.1 Å². The Labute approximate surface area is 257 Å². The zero-order valence-corrected chi connectivity index (χ0v) is 25.2. The summed E-state index contributed by atoms with van der Waals surface area (Å²) in [5.74, 6) is -0.308. The van der Waals surface area contributed by atoms with E-state index in [4.69, 9.17) is 16.6 Å². The van der Waals surface area contributed by atoms with E-state index in [1.165, 1.54) is 4.90 Å². The third kappa shape index (κ3) is 7.10. The number of hydrogen-bond donors (Lipinski definition) is 1. The maximum Gasteiger partial charge on any atom is 1.00 e. The molecule has 1 fully saturated rings. The summed E-state index contributed by atoms with van der Waals surface area (Å²) >= 11 is 1.54. The third-order valence-corrected chi connectivity index (χ3v) is 6.55. The molecule has 0 aromatic heterocycles. The van der Waals surface area contributed by atoms with E-state index in [0.717, 1.165) is 22.3 Å². The number of benzene rings is 2. The SMILES string of the molecule is C.CC(C)=C1C(=O)N2C(C(=O)OC(c3ccccc3)c3ccccc3)=C(CO)CSC12.[Ac].[C-]#N.[Cu+]. The summed E-state index contributed by atoms with van der Waals surface area (Å²) in [7, 11) is 0. The van der Waals surface area contributed by atoms with E-state index in [2.05, 4.69) is 0 Å². The summed E-state index contributed by atoms with van der Waals surface area (Å²) < 4.78 is 5.96. The van der Waals surface area contributed by atoms with Crippen LogP contribution in [0.25, 0.3) is 0 Å². The number of aliphatic hydroxyl groups excluding tert-OH is 1. The molecule has 1 unspecified atom stereocenters. The minimum atomic E-state index is -0.611. The van der Waals surface area contributed by atoms with Crippen molar-refractivity contribution in [1.82, 2.24) is 4.90 Å². The van der Waals surface area contributed by atoms with Crippen molar-refractivity contribution < 1.29 is 80.6 Å². The van der Waals surface area contributed by atoms with Gasteiger partial charge in [-0.05, 0) is 30.5 Å². The molecule has 1 amide bonds. The molecule has 4 rings (SSSR count). The molecule has 1 radical (unpaired) electrons. The minimum Gasteiger partial charge on any atom is -0.512 e. The van der Waals surface area contributed by atoms with E-state index in [-0.39, 0.29) is 92.1 Å². The van der Waals surface area contributed by atoms with E-state index in [1.54, 1.807) is 11.8 Å². The van der Waals surface area contributed by atoms with Gasteiger partial charge >= 0.3 is 23.0 Å². The van der Waals surface area contributed by atoms with Gasteiger partial charge in [-0.3, -0.25) is 9.69 Å². The summed E-state index contributed by atoms with van der Waals surface area (Å²) in [6.07, 6.45) is -0.611. The van der Waals surface area contributed by atoms with Crippen LogP contribution in [0.1, 0.15) is 38.5 Å². The standard InChI is InChI=1S/C24H23NO4S.CN.CH4.Ac.Cu/c1-15(2)19-22(27)25-20(18(13-26)14-30-23(19)25)24(28)29-21(16-9-5-3-6-10-16)17-11-7-4-8-12-17;1-2;;;/h3-12,21,23,26H,13-14H2,1-2H3;;1H4;;/q;-1;;;+1. The third-order valence-electron chi connectivity index (χ3n) is 5.27. The first-order chi connectivity index (χ1) is 15.5. The van der Waals surface area contributed by atoms with Crippen LogP contribution in [0.2, 0.25) is 0 Å². The van der Waals surface area contributed by atoms with Crippen molar-refractivity contribution in [1.29, 1.82) is 5.26 Å². The van der Waals surface area contributed by atoms with Crippen molar-refractivity contribution in [2.75, 3.05) is 12.4 Å². The van der Waals surface area contributed by atoms with Gasteiger partial charge in [0, 0.05) is 55.4 Å². The molecule has 0 bridgehead atoms. The number of nitrogens with zero attached hydrogens (tertiary/aromatic N) is 2. The first-order valence-corrected chi connectivity index (χ1v) is 11.1. The molecule has 2 aliphatic rings. The van der Waals surface area contributed by atoms with Crippen molar-refractivity contribution in [3.63, 3.8) is 0 Å². The first kappa shape index (κ1) is 33.6. The van der Waals surface area contributed by atoms with Gasteiger partial charge < -0.3 is 21.7 Å². The summed E-state index contributed by atoms with van der Waals surface area (Å²) in [5.41, 5.74) is 4.04. The van der Waals surface area contributed by atoms with Crippen molar-refractivity contribution in [3.8, 4) is 0 Å². The smallest absolute Gasteiger partial charge is 0.512 e. The molecule has 2 aromatic rings. The summed E-state index contributed by atoms with van der Waals surface area (Å²) in [5, 5.41) is 15.9. The normalized spacial score (nSPS) is 15.7. The molecular weight excluding hydrogens is 727 g/mol. The van der Waals surface area contributed by atoms with Gasteiger partial charge in [0.2, 0.25) is 0 Å². The molecule has 2 aliphatic heterocycles. The zero-order valence-electron chi connectivity index (χ0n) is 18.7. The van der Waals surface area contributed by atoms with E-state index in [0.29, 0.717) is 11.3 Å². The van der Waals surface area contributed by atoms with Gasteiger partial charge in [-0.2, -0.15) is 0 Å². The summed E-state index contributed by atoms with van der Waals surface area (Å²) in [4.78, 5) is 27.6. The van der Waals surface area contributed by atoms with Gasteiger partial charge in [-0.15, -0.1) is 11.8 Å². The quantitative estimate of drug-likeness (QED) is 0.159. The maximum absolute atomic E-state index is 13.3. The number of thioether (sulfide) groups is 1. The molecule has 2 aromatic carbocycles. The van der Waals surface area contributed by atoms with Crippen molar-refractivity contribution >= 4 is 23.6 Å². The molecule has 1 N–H and O–H groups in total. The van der Waals surface area contributed by atoms with Gasteiger partial charge in [0.15, 0.2) is 6.10 Å². The largest absolute Gasteiger partial charge is 1.00 e. The Morgan fingerprint density at radius 1 is 1.11 bits per heavy atom. The summed E-state index contributed by atoms with van der Waals surface area (Å²) in [6.45, 7) is 8.25. The molecule has 2 heterocycles. The number of ether oxygens (including phenoxy) is 1. The number of carbonyl (C=O) groups excluding carboxylic acids is 2. The van der Waals surface area contributed by atoms with Crippen LogP contribution in [0.15, 0.2) is 83.1 Å². The number of allylic oxidation sites excluding steroid dienone is 1. The zero-order chi connectivity index (χ0) is 23.3. The van der Waals surface area contributed by atoms with Crippen LogP contribution < -0.4 is 0 Å². The van der Waals surface area contributed by atoms with Gasteiger partial charge in [-0.1, -0.05) is 73.7 Å². The number of esters is 1. The Hall–Kier alpha value is -1.38. The van der Waals surface area contributed by atoms with Crippen LogP contribution in [-0.4, -0.2) is 39.6 Å². The Kier molecular flexibility index (Phi) is 15.1. The molecule has 6 nitrogen and oxygen atoms in total. The second kappa shape index (κ2) is 15.7. The monoisotopic (exact) mass is 753 g/mol. The predicted molar refractivity (Wildman–Crippen MR) is 128 cm³/mol. The number of fused-ring (bicyclic) bond motifs is 1. The maximum atomic E-state index is 13.3. The minimum absolute atomic E-state index is 0. The number of rotatable bonds is 5. The molecular formula is C26H27AcCuN2O4S. The number of aliphatic hydroxyl groups is 1. The van der Waals surface area contributed by atoms with Crippen LogP contribution >= 0.6 is 11.8 Å². The molecule has 0 spiro atoms. The predicted octanol–water partition coefficient (Wildman–Crippen LogP) is 4.55. The number of hydrogen-bond acceptors (Lipinski definition) is 6. The van der Waals surface area contributed by atoms with Crippen LogP contribution in [0.3, 0.4) is 0 Å². The Morgan fingerprint density at radius 2 is 1.60 bits per heavy atom. The van der Waals surface area contributed by atoms with Gasteiger partial charge in [0.05, 0.1) is 6.61 Å². The molecule has 185 valence electrons. The fourth-order valence-corrected chi connectivity index (χ4v) is 5.21. The average Bonchev–Trinajstić information content (AvgIpc) is 2.83. The molecule has 1 atom stereocenters. The molecule has 0 aliphatic carbocycles. The molecule has 35 heavy (non-hydrogen) atoms. The van der Waals surface area contributed by atoms with Gasteiger partial charge in [0.25, 0.3) is 5.91 Å². The molecule has 0 saturated carbocycles. The van der Waals surface area contributed by atoms with Gasteiger partial charge in [-0.25, -0.2) is 4.79 Å². The van der Waals surface area contributed by atoms with E-state index in [1.807, 2.05) is 74.5 Å². The van der Waals surface area contributed by atoms with Crippen molar-refractivity contribution in [2.45, 2.75) is 32.8 Å². The van der Waals surface area contributed by atoms with Crippen LogP contribution in [0, 0.1) is 55.9 Å². The van der Waals surface area contributed by atoms with Crippen molar-refractivity contribution in [2.24, 2.45) is 0 Å². The first-order valence-electron chi connectivity index (χ1n) is 10.0. The van der Waals surface area contributed by atoms with Crippen LogP contribution in [0.4, 0.5) is 0 Å². The summed E-state index contributed by atoms with van der Waals surface area (Å²) in [6, 6.07) is 19.0. The Balaban J connectivity index is 0.00000225. The number of amides is 1. The Bertz CT molecular complexity index is 1050. The second-order valence-corrected chi connectivity index (χ2v) is 8.54. The number of carbonyl (C=O) groups is 2. The second-order valence-electron chi connectivity index (χ2n) is 7.47. The van der Waals surface area contributed by atoms with E-state index >= 15 is 0 Å². The Morgan fingerprint density at radius 3 is 2.03 bits per heavy atom. The fraction of sp³-hybridized carbons (Fsp3) is 0.269. The van der Waals surface area contributed by atoms with Crippen molar-refractivity contribution in [3.05, 3.63) is 101 Å². The van der Waals surface area contributed by atoms with E-state index in [9.17, 15) is 14.7 Å². The van der Waals surface area contributed by atoms with Crippen LogP contribution in [0.5, 0.6) is 0 Å². The molecule has 9 heteroatoms. The number of β-lactam (4-membered cyclic amide) rings is 1. The fourth-order valence-electron chi connectivity index (χ4n) is 3.77. The van der Waals surface area contributed by atoms with Crippen LogP contribution in [-0.2, 0) is 31.4 Å².